The van der Waals surface area contributed by atoms with E-state index in [1.165, 1.54) is 44.2 Å². The summed E-state index contributed by atoms with van der Waals surface area (Å²) in [5.41, 5.74) is 2.17. The second-order valence-corrected chi connectivity index (χ2v) is 6.45. The third-order valence-corrected chi connectivity index (χ3v) is 4.88. The van der Waals surface area contributed by atoms with Gasteiger partial charge in [-0.3, -0.25) is 4.79 Å². The van der Waals surface area contributed by atoms with Crippen LogP contribution in [0.1, 0.15) is 51.4 Å². The van der Waals surface area contributed by atoms with Gasteiger partial charge in [0.15, 0.2) is 0 Å². The van der Waals surface area contributed by atoms with E-state index >= 15 is 0 Å². The summed E-state index contributed by atoms with van der Waals surface area (Å²) in [6.07, 6.45) is 9.56. The predicted molar refractivity (Wildman–Crippen MR) is 87.7 cm³/mol. The van der Waals surface area contributed by atoms with Crippen LogP contribution in [0, 0.1) is 5.92 Å². The summed E-state index contributed by atoms with van der Waals surface area (Å²) in [7, 11) is 0. The molecule has 1 N–H and O–H groups in total. The third kappa shape index (κ3) is 3.78. The van der Waals surface area contributed by atoms with E-state index in [0.29, 0.717) is 6.42 Å². The number of amides is 1. The Morgan fingerprint density at radius 3 is 2.57 bits per heavy atom. The Labute approximate surface area is 127 Å². The Hall–Kier alpha value is -1.51. The molecule has 1 aliphatic carbocycles. The highest BCUT2D eigenvalue weighted by molar-refractivity contribution is 5.94. The van der Waals surface area contributed by atoms with E-state index in [9.17, 15) is 4.79 Å². The van der Waals surface area contributed by atoms with Gasteiger partial charge in [-0.05, 0) is 37.3 Å². The minimum absolute atomic E-state index is 0.175. The lowest BCUT2D eigenvalue weighted by atomic mass is 10.0. The van der Waals surface area contributed by atoms with Crippen LogP contribution < -0.4 is 10.2 Å². The van der Waals surface area contributed by atoms with Crippen molar-refractivity contribution in [3.05, 3.63) is 24.3 Å². The number of anilines is 2. The second-order valence-electron chi connectivity index (χ2n) is 6.45. The van der Waals surface area contributed by atoms with E-state index in [-0.39, 0.29) is 5.91 Å². The summed E-state index contributed by atoms with van der Waals surface area (Å²) in [4.78, 5) is 14.6. The largest absolute Gasteiger partial charge is 0.370 e. The first-order valence-corrected chi connectivity index (χ1v) is 8.47. The van der Waals surface area contributed by atoms with Crippen molar-refractivity contribution in [1.82, 2.24) is 0 Å². The van der Waals surface area contributed by atoms with Gasteiger partial charge in [0.05, 0.1) is 11.4 Å². The number of rotatable bonds is 5. The molecule has 0 unspecified atom stereocenters. The molecule has 1 heterocycles. The highest BCUT2D eigenvalue weighted by Gasteiger charge is 2.18. The van der Waals surface area contributed by atoms with Crippen molar-refractivity contribution in [2.24, 2.45) is 5.92 Å². The van der Waals surface area contributed by atoms with Crippen LogP contribution in [-0.2, 0) is 4.79 Å². The molecule has 1 aromatic carbocycles. The van der Waals surface area contributed by atoms with Gasteiger partial charge in [-0.2, -0.15) is 0 Å². The fourth-order valence-corrected chi connectivity index (χ4v) is 3.66. The van der Waals surface area contributed by atoms with Crippen LogP contribution in [0.25, 0.3) is 0 Å². The van der Waals surface area contributed by atoms with Crippen molar-refractivity contribution in [1.29, 1.82) is 0 Å². The molecule has 21 heavy (non-hydrogen) atoms. The summed E-state index contributed by atoms with van der Waals surface area (Å²) in [6, 6.07) is 8.22. The van der Waals surface area contributed by atoms with Crippen LogP contribution in [0.4, 0.5) is 11.4 Å². The van der Waals surface area contributed by atoms with Gasteiger partial charge in [-0.1, -0.05) is 37.8 Å². The van der Waals surface area contributed by atoms with Gasteiger partial charge < -0.3 is 10.2 Å². The first kappa shape index (κ1) is 14.4. The van der Waals surface area contributed by atoms with Gasteiger partial charge >= 0.3 is 0 Å². The van der Waals surface area contributed by atoms with Crippen molar-refractivity contribution < 1.29 is 4.79 Å². The Kier molecular flexibility index (Phi) is 4.79. The van der Waals surface area contributed by atoms with E-state index in [4.69, 9.17) is 0 Å². The first-order valence-electron chi connectivity index (χ1n) is 8.47. The third-order valence-electron chi connectivity index (χ3n) is 4.88. The van der Waals surface area contributed by atoms with Crippen molar-refractivity contribution in [2.45, 2.75) is 51.4 Å². The van der Waals surface area contributed by atoms with Crippen molar-refractivity contribution >= 4 is 17.3 Å². The monoisotopic (exact) mass is 286 g/mol. The number of carbonyl (C=O) groups is 1. The summed E-state index contributed by atoms with van der Waals surface area (Å²) in [6.45, 7) is 2.21. The van der Waals surface area contributed by atoms with E-state index in [1.807, 2.05) is 12.1 Å². The standard InChI is InChI=1S/C18H26N2O/c21-18(12-11-15-7-1-2-8-15)19-16-9-3-4-10-17(16)20-13-5-6-14-20/h3-4,9-10,15H,1-2,5-8,11-14H2,(H,19,21). The molecule has 0 radical (unpaired) electrons. The molecule has 0 bridgehead atoms. The van der Waals surface area contributed by atoms with E-state index in [0.717, 1.165) is 31.1 Å². The molecule has 1 aliphatic heterocycles. The zero-order chi connectivity index (χ0) is 14.5. The molecular formula is C18H26N2O. The molecule has 1 amide bonds. The van der Waals surface area contributed by atoms with E-state index in [1.54, 1.807) is 0 Å². The molecule has 0 spiro atoms. The lowest BCUT2D eigenvalue weighted by Gasteiger charge is -2.21. The maximum atomic E-state index is 12.2. The van der Waals surface area contributed by atoms with Gasteiger partial charge in [-0.25, -0.2) is 0 Å². The molecule has 3 rings (SSSR count). The van der Waals surface area contributed by atoms with Crippen LogP contribution in [-0.4, -0.2) is 19.0 Å². The molecule has 2 aliphatic rings. The number of hydrogen-bond donors (Lipinski definition) is 1. The fourth-order valence-electron chi connectivity index (χ4n) is 3.66. The lowest BCUT2D eigenvalue weighted by molar-refractivity contribution is -0.116. The fraction of sp³-hybridized carbons (Fsp3) is 0.611. The number of benzene rings is 1. The van der Waals surface area contributed by atoms with Crippen LogP contribution in [0.15, 0.2) is 24.3 Å². The molecule has 3 nitrogen and oxygen atoms in total. The highest BCUT2D eigenvalue weighted by Crippen LogP contribution is 2.30. The van der Waals surface area contributed by atoms with Gasteiger partial charge in [0.2, 0.25) is 5.91 Å². The molecule has 0 aromatic heterocycles. The SMILES string of the molecule is O=C(CCC1CCCC1)Nc1ccccc1N1CCCC1. The number of hydrogen-bond acceptors (Lipinski definition) is 2. The molecular weight excluding hydrogens is 260 g/mol. The highest BCUT2D eigenvalue weighted by atomic mass is 16.1. The topological polar surface area (TPSA) is 32.3 Å². The number of carbonyl (C=O) groups excluding carboxylic acids is 1. The summed E-state index contributed by atoms with van der Waals surface area (Å²) in [5, 5.41) is 3.13. The van der Waals surface area contributed by atoms with Crippen molar-refractivity contribution in [3.63, 3.8) is 0 Å². The normalized spacial score (nSPS) is 19.1. The molecule has 2 fully saturated rings. The van der Waals surface area contributed by atoms with Gasteiger partial charge in [0.25, 0.3) is 0 Å². The molecule has 1 aromatic rings. The Morgan fingerprint density at radius 2 is 1.81 bits per heavy atom. The maximum absolute atomic E-state index is 12.2. The number of para-hydroxylation sites is 2. The predicted octanol–water partition coefficient (Wildman–Crippen LogP) is 4.20. The molecule has 1 saturated carbocycles. The average Bonchev–Trinajstić information content (AvgIpc) is 3.19. The molecule has 114 valence electrons. The van der Waals surface area contributed by atoms with Gasteiger partial charge in [-0.15, -0.1) is 0 Å². The Bertz CT molecular complexity index is 474. The zero-order valence-electron chi connectivity index (χ0n) is 12.8. The number of nitrogens with one attached hydrogen (secondary N) is 1. The number of nitrogens with zero attached hydrogens (tertiary/aromatic N) is 1. The molecule has 1 saturated heterocycles. The van der Waals surface area contributed by atoms with Crippen LogP contribution in [0.2, 0.25) is 0 Å². The van der Waals surface area contributed by atoms with E-state index in [2.05, 4.69) is 22.3 Å². The van der Waals surface area contributed by atoms with Crippen LogP contribution >= 0.6 is 0 Å². The van der Waals surface area contributed by atoms with Gasteiger partial charge in [0.1, 0.15) is 0 Å². The zero-order valence-corrected chi connectivity index (χ0v) is 12.8. The lowest BCUT2D eigenvalue weighted by Crippen LogP contribution is -2.21. The van der Waals surface area contributed by atoms with Crippen LogP contribution in [0.5, 0.6) is 0 Å². The van der Waals surface area contributed by atoms with Crippen molar-refractivity contribution in [3.8, 4) is 0 Å². The summed E-state index contributed by atoms with van der Waals surface area (Å²) >= 11 is 0. The smallest absolute Gasteiger partial charge is 0.224 e. The van der Waals surface area contributed by atoms with Crippen LogP contribution in [0.3, 0.4) is 0 Å². The first-order chi connectivity index (χ1) is 10.3. The Balaban J connectivity index is 1.57. The quantitative estimate of drug-likeness (QED) is 0.880. The minimum atomic E-state index is 0.175. The molecule has 0 atom stereocenters. The van der Waals surface area contributed by atoms with Gasteiger partial charge in [0, 0.05) is 19.5 Å². The Morgan fingerprint density at radius 1 is 1.10 bits per heavy atom. The molecule has 3 heteroatoms. The second kappa shape index (κ2) is 6.97. The van der Waals surface area contributed by atoms with E-state index < -0.39 is 0 Å². The summed E-state index contributed by atoms with van der Waals surface area (Å²) in [5.74, 6) is 0.957. The maximum Gasteiger partial charge on any atom is 0.224 e. The summed E-state index contributed by atoms with van der Waals surface area (Å²) < 4.78 is 0. The minimum Gasteiger partial charge on any atom is -0.370 e. The average molecular weight is 286 g/mol. The van der Waals surface area contributed by atoms with Crippen molar-refractivity contribution in [2.75, 3.05) is 23.3 Å².